The predicted molar refractivity (Wildman–Crippen MR) is 65.2 cm³/mol. The van der Waals surface area contributed by atoms with Gasteiger partial charge in [0.2, 0.25) is 10.0 Å². The summed E-state index contributed by atoms with van der Waals surface area (Å²) >= 11 is 0. The second-order valence-corrected chi connectivity index (χ2v) is 6.53. The normalized spacial score (nSPS) is 25.7. The number of carboxylic acid groups (broad SMARTS) is 1. The fraction of sp³-hybridized carbons (Fsp3) is 0.909. The number of carbonyl (C=O) groups is 1. The van der Waals surface area contributed by atoms with E-state index in [0.717, 1.165) is 25.7 Å². The van der Waals surface area contributed by atoms with Crippen molar-refractivity contribution < 1.29 is 18.3 Å². The highest BCUT2D eigenvalue weighted by Crippen LogP contribution is 2.27. The van der Waals surface area contributed by atoms with E-state index in [0.29, 0.717) is 5.92 Å². The van der Waals surface area contributed by atoms with Gasteiger partial charge in [-0.2, -0.15) is 0 Å². The number of sulfonamides is 1. The molecule has 1 fully saturated rings. The fourth-order valence-corrected chi connectivity index (χ4v) is 3.59. The van der Waals surface area contributed by atoms with Gasteiger partial charge in [0, 0.05) is 6.04 Å². The van der Waals surface area contributed by atoms with E-state index >= 15 is 0 Å². The second-order valence-electron chi connectivity index (χ2n) is 4.78. The van der Waals surface area contributed by atoms with E-state index in [2.05, 4.69) is 11.6 Å². The van der Waals surface area contributed by atoms with Crippen LogP contribution in [0.4, 0.5) is 0 Å². The van der Waals surface area contributed by atoms with E-state index in [1.165, 1.54) is 12.8 Å². The summed E-state index contributed by atoms with van der Waals surface area (Å²) in [6.07, 6.45) is 6.09. The van der Waals surface area contributed by atoms with E-state index < -0.39 is 21.7 Å². The van der Waals surface area contributed by atoms with Crippen molar-refractivity contribution in [1.29, 1.82) is 0 Å². The van der Waals surface area contributed by atoms with E-state index in [1.54, 1.807) is 0 Å². The van der Waals surface area contributed by atoms with Gasteiger partial charge in [-0.25, -0.2) is 13.1 Å². The van der Waals surface area contributed by atoms with Crippen LogP contribution in [0.2, 0.25) is 0 Å². The Labute approximate surface area is 103 Å². The van der Waals surface area contributed by atoms with Gasteiger partial charge in [-0.15, -0.1) is 0 Å². The molecule has 0 aliphatic heterocycles. The molecule has 17 heavy (non-hydrogen) atoms. The number of rotatable bonds is 6. The Kier molecular flexibility index (Phi) is 5.39. The Hall–Kier alpha value is -0.620. The molecule has 0 aromatic carbocycles. The molecule has 2 N–H and O–H groups in total. The first-order valence-electron chi connectivity index (χ1n) is 6.14. The maximum Gasteiger partial charge on any atom is 0.320 e. The molecule has 1 rings (SSSR count). The molecule has 0 bridgehead atoms. The summed E-state index contributed by atoms with van der Waals surface area (Å²) in [5, 5.41) is 8.47. The molecule has 6 heteroatoms. The lowest BCUT2D eigenvalue weighted by molar-refractivity contribution is -0.134. The molecule has 0 amide bonds. The zero-order chi connectivity index (χ0) is 12.9. The topological polar surface area (TPSA) is 83.5 Å². The van der Waals surface area contributed by atoms with E-state index in [-0.39, 0.29) is 6.04 Å². The van der Waals surface area contributed by atoms with Crippen molar-refractivity contribution in [1.82, 2.24) is 4.72 Å². The summed E-state index contributed by atoms with van der Waals surface area (Å²) in [4.78, 5) is 10.4. The van der Waals surface area contributed by atoms with Gasteiger partial charge in [0.25, 0.3) is 0 Å². The first-order chi connectivity index (χ1) is 7.93. The highest BCUT2D eigenvalue weighted by atomic mass is 32.2. The number of carboxylic acids is 1. The van der Waals surface area contributed by atoms with Crippen molar-refractivity contribution in [3.05, 3.63) is 0 Å². The second kappa shape index (κ2) is 6.35. The van der Waals surface area contributed by atoms with Crippen molar-refractivity contribution in [2.45, 2.75) is 51.5 Å². The van der Waals surface area contributed by atoms with E-state index in [4.69, 9.17) is 5.11 Å². The third-order valence-electron chi connectivity index (χ3n) is 3.20. The molecule has 1 aliphatic rings. The zero-order valence-corrected chi connectivity index (χ0v) is 11.0. The van der Waals surface area contributed by atoms with Gasteiger partial charge in [-0.05, 0) is 31.6 Å². The fourth-order valence-electron chi connectivity index (χ4n) is 2.44. The van der Waals surface area contributed by atoms with Crippen LogP contribution in [0.1, 0.15) is 45.4 Å². The molecule has 0 atom stereocenters. The van der Waals surface area contributed by atoms with Crippen LogP contribution < -0.4 is 4.72 Å². The lowest BCUT2D eigenvalue weighted by atomic mass is 9.84. The Morgan fingerprint density at radius 1 is 1.29 bits per heavy atom. The average molecular weight is 263 g/mol. The Balaban J connectivity index is 2.37. The molecule has 0 radical (unpaired) electrons. The number of nitrogens with one attached hydrogen (secondary N) is 1. The summed E-state index contributed by atoms with van der Waals surface area (Å²) in [6, 6.07) is -0.0764. The van der Waals surface area contributed by atoms with Gasteiger partial charge >= 0.3 is 5.97 Å². The minimum absolute atomic E-state index is 0.0764. The highest BCUT2D eigenvalue weighted by Gasteiger charge is 2.25. The summed E-state index contributed by atoms with van der Waals surface area (Å²) < 4.78 is 25.3. The molecule has 0 spiro atoms. The van der Waals surface area contributed by atoms with E-state index in [9.17, 15) is 13.2 Å². The van der Waals surface area contributed by atoms with Gasteiger partial charge in [0.1, 0.15) is 0 Å². The zero-order valence-electron chi connectivity index (χ0n) is 10.2. The third-order valence-corrected chi connectivity index (χ3v) is 4.52. The van der Waals surface area contributed by atoms with Gasteiger partial charge in [0.15, 0.2) is 5.75 Å². The van der Waals surface area contributed by atoms with Gasteiger partial charge in [-0.3, -0.25) is 4.79 Å². The maximum atomic E-state index is 11.4. The summed E-state index contributed by atoms with van der Waals surface area (Å²) in [5.41, 5.74) is 0. The molecule has 0 saturated heterocycles. The van der Waals surface area contributed by atoms with Crippen LogP contribution in [0.15, 0.2) is 0 Å². The number of hydrogen-bond acceptors (Lipinski definition) is 3. The first kappa shape index (κ1) is 14.4. The Morgan fingerprint density at radius 3 is 2.35 bits per heavy atom. The quantitative estimate of drug-likeness (QED) is 0.757. The molecular formula is C11H21NO4S. The average Bonchev–Trinajstić information content (AvgIpc) is 2.18. The molecule has 1 aliphatic carbocycles. The molecule has 0 unspecified atom stereocenters. The van der Waals surface area contributed by atoms with Crippen molar-refractivity contribution in [2.24, 2.45) is 5.92 Å². The van der Waals surface area contributed by atoms with Crippen LogP contribution in [0, 0.1) is 5.92 Å². The lowest BCUT2D eigenvalue weighted by Crippen LogP contribution is -2.40. The molecule has 0 aromatic heterocycles. The SMILES string of the molecule is CCCC1CCC(NS(=O)(=O)CC(=O)O)CC1. The molecule has 0 aromatic rings. The van der Waals surface area contributed by atoms with Crippen LogP contribution in [0.5, 0.6) is 0 Å². The Bertz CT molecular complexity index is 344. The third kappa shape index (κ3) is 5.50. The summed E-state index contributed by atoms with van der Waals surface area (Å²) in [6.45, 7) is 2.15. The molecule has 5 nitrogen and oxygen atoms in total. The standard InChI is InChI=1S/C11H21NO4S/c1-2-3-9-4-6-10(7-5-9)12-17(15,16)8-11(13)14/h9-10,12H,2-8H2,1H3,(H,13,14). The number of hydrogen-bond donors (Lipinski definition) is 2. The predicted octanol–water partition coefficient (Wildman–Crippen LogP) is 1.35. The highest BCUT2D eigenvalue weighted by molar-refractivity contribution is 7.90. The monoisotopic (exact) mass is 263 g/mol. The van der Waals surface area contributed by atoms with Crippen LogP contribution in [0.3, 0.4) is 0 Å². The van der Waals surface area contributed by atoms with Crippen molar-refractivity contribution in [2.75, 3.05) is 5.75 Å². The van der Waals surface area contributed by atoms with E-state index in [1.807, 2.05) is 0 Å². The van der Waals surface area contributed by atoms with Gasteiger partial charge in [0.05, 0.1) is 0 Å². The van der Waals surface area contributed by atoms with Crippen LogP contribution in [0.25, 0.3) is 0 Å². The van der Waals surface area contributed by atoms with Crippen LogP contribution in [-0.2, 0) is 14.8 Å². The largest absolute Gasteiger partial charge is 0.480 e. The van der Waals surface area contributed by atoms with Crippen LogP contribution in [-0.4, -0.2) is 31.3 Å². The van der Waals surface area contributed by atoms with Gasteiger partial charge in [-0.1, -0.05) is 19.8 Å². The van der Waals surface area contributed by atoms with Crippen LogP contribution >= 0.6 is 0 Å². The number of aliphatic carboxylic acids is 1. The first-order valence-corrected chi connectivity index (χ1v) is 7.80. The minimum atomic E-state index is -3.66. The molecular weight excluding hydrogens is 242 g/mol. The lowest BCUT2D eigenvalue weighted by Gasteiger charge is -2.28. The maximum absolute atomic E-state index is 11.4. The Morgan fingerprint density at radius 2 is 1.88 bits per heavy atom. The smallest absolute Gasteiger partial charge is 0.320 e. The molecule has 100 valence electrons. The summed E-state index contributed by atoms with van der Waals surface area (Å²) in [5.74, 6) is -1.43. The van der Waals surface area contributed by atoms with Crippen molar-refractivity contribution >= 4 is 16.0 Å². The molecule has 0 heterocycles. The van der Waals surface area contributed by atoms with Crippen molar-refractivity contribution in [3.63, 3.8) is 0 Å². The van der Waals surface area contributed by atoms with Gasteiger partial charge < -0.3 is 5.11 Å². The molecule has 1 saturated carbocycles. The summed E-state index contributed by atoms with van der Waals surface area (Å²) in [7, 11) is -3.66. The minimum Gasteiger partial charge on any atom is -0.480 e. The van der Waals surface area contributed by atoms with Crippen molar-refractivity contribution in [3.8, 4) is 0 Å².